The molecule has 2 unspecified atom stereocenters. The Balaban J connectivity index is 2.52. The van der Waals surface area contributed by atoms with Gasteiger partial charge in [0, 0.05) is 0 Å². The van der Waals surface area contributed by atoms with Crippen LogP contribution in [0.2, 0.25) is 0 Å². The van der Waals surface area contributed by atoms with Crippen LogP contribution >= 0.6 is 0 Å². The smallest absolute Gasteiger partial charge is 0.0289 e. The molecular formula is C10H18. The standard InChI is InChI=1S/C10H18/c1-4-9-6-8(3)10(5-2)7-9/h4,8,10H,5-7H2,1-3H3. The summed E-state index contributed by atoms with van der Waals surface area (Å²) < 4.78 is 0. The molecular weight excluding hydrogens is 120 g/mol. The lowest BCUT2D eigenvalue weighted by Gasteiger charge is -2.09. The fourth-order valence-corrected chi connectivity index (χ4v) is 1.98. The van der Waals surface area contributed by atoms with Gasteiger partial charge in [0.15, 0.2) is 0 Å². The first-order valence-electron chi connectivity index (χ1n) is 4.42. The highest BCUT2D eigenvalue weighted by atomic mass is 14.3. The van der Waals surface area contributed by atoms with E-state index >= 15 is 0 Å². The van der Waals surface area contributed by atoms with Crippen LogP contribution in [0.4, 0.5) is 0 Å². The Morgan fingerprint density at radius 3 is 2.50 bits per heavy atom. The van der Waals surface area contributed by atoms with E-state index in [4.69, 9.17) is 0 Å². The molecule has 0 saturated heterocycles. The van der Waals surface area contributed by atoms with Crippen LogP contribution in [-0.4, -0.2) is 0 Å². The van der Waals surface area contributed by atoms with Crippen LogP contribution in [0.3, 0.4) is 0 Å². The first kappa shape index (κ1) is 7.84. The second-order valence-electron chi connectivity index (χ2n) is 3.50. The van der Waals surface area contributed by atoms with E-state index in [-0.39, 0.29) is 0 Å². The van der Waals surface area contributed by atoms with Crippen LogP contribution in [0, 0.1) is 11.8 Å². The van der Waals surface area contributed by atoms with Crippen molar-refractivity contribution in [1.29, 1.82) is 0 Å². The van der Waals surface area contributed by atoms with Crippen LogP contribution in [-0.2, 0) is 0 Å². The summed E-state index contributed by atoms with van der Waals surface area (Å²) >= 11 is 0. The predicted molar refractivity (Wildman–Crippen MR) is 45.9 cm³/mol. The number of rotatable bonds is 1. The molecule has 0 aliphatic heterocycles. The third kappa shape index (κ3) is 1.42. The van der Waals surface area contributed by atoms with Gasteiger partial charge >= 0.3 is 0 Å². The Morgan fingerprint density at radius 1 is 1.50 bits per heavy atom. The van der Waals surface area contributed by atoms with Gasteiger partial charge in [0.05, 0.1) is 0 Å². The molecule has 0 spiro atoms. The lowest BCUT2D eigenvalue weighted by atomic mass is 9.96. The van der Waals surface area contributed by atoms with Crippen molar-refractivity contribution < 1.29 is 0 Å². The van der Waals surface area contributed by atoms with Crippen molar-refractivity contribution in [1.82, 2.24) is 0 Å². The summed E-state index contributed by atoms with van der Waals surface area (Å²) in [6, 6.07) is 0. The van der Waals surface area contributed by atoms with E-state index in [1.807, 2.05) is 0 Å². The summed E-state index contributed by atoms with van der Waals surface area (Å²) in [5.41, 5.74) is 1.68. The van der Waals surface area contributed by atoms with Crippen LogP contribution in [0.5, 0.6) is 0 Å². The third-order valence-electron chi connectivity index (χ3n) is 2.85. The molecule has 0 nitrogen and oxygen atoms in total. The van der Waals surface area contributed by atoms with Crippen LogP contribution in [0.1, 0.15) is 40.0 Å². The summed E-state index contributed by atoms with van der Waals surface area (Å²) in [5, 5.41) is 0. The highest BCUT2D eigenvalue weighted by molar-refractivity contribution is 5.08. The van der Waals surface area contributed by atoms with Gasteiger partial charge in [-0.15, -0.1) is 0 Å². The summed E-state index contributed by atoms with van der Waals surface area (Å²) in [4.78, 5) is 0. The molecule has 0 aromatic rings. The Hall–Kier alpha value is -0.260. The zero-order valence-electron chi connectivity index (χ0n) is 7.35. The zero-order valence-corrected chi connectivity index (χ0v) is 7.35. The second-order valence-corrected chi connectivity index (χ2v) is 3.50. The van der Waals surface area contributed by atoms with Gasteiger partial charge < -0.3 is 0 Å². The minimum absolute atomic E-state index is 0.941. The average molecular weight is 138 g/mol. The van der Waals surface area contributed by atoms with Gasteiger partial charge in [0.25, 0.3) is 0 Å². The van der Waals surface area contributed by atoms with E-state index in [9.17, 15) is 0 Å². The van der Waals surface area contributed by atoms with E-state index in [1.54, 1.807) is 5.57 Å². The van der Waals surface area contributed by atoms with Crippen LogP contribution in [0.25, 0.3) is 0 Å². The molecule has 58 valence electrons. The first-order valence-corrected chi connectivity index (χ1v) is 4.42. The molecule has 0 heteroatoms. The number of allylic oxidation sites excluding steroid dienone is 2. The maximum atomic E-state index is 2.38. The van der Waals surface area contributed by atoms with Gasteiger partial charge in [-0.25, -0.2) is 0 Å². The SMILES string of the molecule is CC=C1CC(C)C(CC)C1. The lowest BCUT2D eigenvalue weighted by Crippen LogP contribution is -2.00. The molecule has 1 aliphatic carbocycles. The summed E-state index contributed by atoms with van der Waals surface area (Å²) in [7, 11) is 0. The summed E-state index contributed by atoms with van der Waals surface area (Å²) in [6.07, 6.45) is 6.38. The molecule has 0 radical (unpaired) electrons. The van der Waals surface area contributed by atoms with Crippen molar-refractivity contribution in [3.05, 3.63) is 11.6 Å². The highest BCUT2D eigenvalue weighted by Crippen LogP contribution is 2.37. The van der Waals surface area contributed by atoms with E-state index in [0.29, 0.717) is 0 Å². The molecule has 0 aromatic heterocycles. The van der Waals surface area contributed by atoms with Crippen LogP contribution in [0.15, 0.2) is 11.6 Å². The van der Waals surface area contributed by atoms with Crippen molar-refractivity contribution >= 4 is 0 Å². The maximum Gasteiger partial charge on any atom is -0.0289 e. The normalized spacial score (nSPS) is 37.3. The van der Waals surface area contributed by atoms with Crippen molar-refractivity contribution in [2.45, 2.75) is 40.0 Å². The summed E-state index contributed by atoms with van der Waals surface area (Å²) in [5.74, 6) is 1.92. The van der Waals surface area contributed by atoms with Crippen LogP contribution < -0.4 is 0 Å². The molecule has 1 aliphatic rings. The van der Waals surface area contributed by atoms with Gasteiger partial charge in [-0.05, 0) is 31.6 Å². The van der Waals surface area contributed by atoms with E-state index in [0.717, 1.165) is 11.8 Å². The van der Waals surface area contributed by atoms with Crippen molar-refractivity contribution in [2.24, 2.45) is 11.8 Å². The highest BCUT2D eigenvalue weighted by Gasteiger charge is 2.24. The van der Waals surface area contributed by atoms with Gasteiger partial charge in [-0.1, -0.05) is 31.9 Å². The minimum Gasteiger partial charge on any atom is -0.0884 e. The quantitative estimate of drug-likeness (QED) is 0.487. The third-order valence-corrected chi connectivity index (χ3v) is 2.85. The second kappa shape index (κ2) is 3.23. The van der Waals surface area contributed by atoms with E-state index < -0.39 is 0 Å². The van der Waals surface area contributed by atoms with Gasteiger partial charge in [-0.3, -0.25) is 0 Å². The maximum absolute atomic E-state index is 2.38. The molecule has 0 bridgehead atoms. The first-order chi connectivity index (χ1) is 4.77. The van der Waals surface area contributed by atoms with Crippen molar-refractivity contribution in [3.8, 4) is 0 Å². The van der Waals surface area contributed by atoms with E-state index in [2.05, 4.69) is 26.8 Å². The van der Waals surface area contributed by atoms with Gasteiger partial charge in [0.2, 0.25) is 0 Å². The monoisotopic (exact) mass is 138 g/mol. The molecule has 1 rings (SSSR count). The fraction of sp³-hybridized carbons (Fsp3) is 0.800. The topological polar surface area (TPSA) is 0 Å². The molecule has 1 fully saturated rings. The number of hydrogen-bond acceptors (Lipinski definition) is 0. The molecule has 0 amide bonds. The zero-order chi connectivity index (χ0) is 7.56. The van der Waals surface area contributed by atoms with E-state index in [1.165, 1.54) is 19.3 Å². The molecule has 10 heavy (non-hydrogen) atoms. The number of hydrogen-bond donors (Lipinski definition) is 0. The van der Waals surface area contributed by atoms with Crippen molar-refractivity contribution in [3.63, 3.8) is 0 Å². The van der Waals surface area contributed by atoms with Gasteiger partial charge in [0.1, 0.15) is 0 Å². The average Bonchev–Trinajstić information content (AvgIpc) is 2.30. The van der Waals surface area contributed by atoms with Gasteiger partial charge in [-0.2, -0.15) is 0 Å². The molecule has 0 heterocycles. The predicted octanol–water partition coefficient (Wildman–Crippen LogP) is 3.39. The fourth-order valence-electron chi connectivity index (χ4n) is 1.98. The lowest BCUT2D eigenvalue weighted by molar-refractivity contribution is 0.407. The minimum atomic E-state index is 0.941. The summed E-state index contributed by atoms with van der Waals surface area (Å²) in [6.45, 7) is 6.85. The Morgan fingerprint density at radius 2 is 2.20 bits per heavy atom. The Bertz CT molecular complexity index is 133. The molecule has 0 N–H and O–H groups in total. The van der Waals surface area contributed by atoms with Crippen molar-refractivity contribution in [2.75, 3.05) is 0 Å². The Labute approximate surface area is 64.3 Å². The molecule has 1 saturated carbocycles. The largest absolute Gasteiger partial charge is 0.0884 e. The Kier molecular flexibility index (Phi) is 2.53. The molecule has 2 atom stereocenters. The molecule has 0 aromatic carbocycles.